The Labute approximate surface area is 131 Å². The van der Waals surface area contributed by atoms with Crippen molar-refractivity contribution in [2.24, 2.45) is 5.10 Å². The number of phenolic OH excluding ortho intramolecular Hbond substituents is 1. The number of nitrogens with two attached hydrogens (primary N) is 1. The van der Waals surface area contributed by atoms with Crippen LogP contribution in [0.5, 0.6) is 5.75 Å². The van der Waals surface area contributed by atoms with Gasteiger partial charge in [0.2, 0.25) is 0 Å². The van der Waals surface area contributed by atoms with Crippen molar-refractivity contribution in [3.63, 3.8) is 0 Å². The first-order valence-electron chi connectivity index (χ1n) is 5.85. The maximum Gasteiger partial charge on any atom is 0.273 e. The van der Waals surface area contributed by atoms with E-state index in [0.29, 0.717) is 16.3 Å². The summed E-state index contributed by atoms with van der Waals surface area (Å²) in [5, 5.41) is 13.9. The van der Waals surface area contributed by atoms with E-state index in [2.05, 4.69) is 10.5 Å². The van der Waals surface area contributed by atoms with E-state index in [0.717, 1.165) is 0 Å². The predicted octanol–water partition coefficient (Wildman–Crippen LogP) is 3.05. The second-order valence-electron chi connectivity index (χ2n) is 4.11. The number of nitrogens with zero attached hydrogens (tertiary/aromatic N) is 1. The smallest absolute Gasteiger partial charge is 0.273 e. The topological polar surface area (TPSA) is 87.7 Å². The zero-order valence-corrected chi connectivity index (χ0v) is 12.2. The fraction of sp³-hybridized carbons (Fsp3) is 0. The highest BCUT2D eigenvalue weighted by Gasteiger charge is 2.08. The van der Waals surface area contributed by atoms with Crippen molar-refractivity contribution in [2.75, 3.05) is 5.73 Å². The summed E-state index contributed by atoms with van der Waals surface area (Å²) in [5.41, 5.74) is 8.93. The Bertz CT molecular complexity index is 717. The summed E-state index contributed by atoms with van der Waals surface area (Å²) in [5.74, 6) is -0.629. The summed E-state index contributed by atoms with van der Waals surface area (Å²) in [6.07, 6.45) is 1.24. The van der Waals surface area contributed by atoms with Gasteiger partial charge in [-0.15, -0.1) is 0 Å². The number of carbonyl (C=O) groups is 1. The maximum atomic E-state index is 11.9. The highest BCUT2D eigenvalue weighted by atomic mass is 35.5. The van der Waals surface area contributed by atoms with Gasteiger partial charge in [-0.05, 0) is 24.3 Å². The first kappa shape index (κ1) is 15.2. The second kappa shape index (κ2) is 6.47. The van der Waals surface area contributed by atoms with Crippen LogP contribution in [0, 0.1) is 0 Å². The third-order valence-electron chi connectivity index (χ3n) is 2.63. The Morgan fingerprint density at radius 2 is 2.00 bits per heavy atom. The highest BCUT2D eigenvalue weighted by molar-refractivity contribution is 6.36. The molecule has 2 aromatic rings. The molecule has 0 saturated heterocycles. The second-order valence-corrected chi connectivity index (χ2v) is 4.96. The molecular formula is C14H11Cl2N3O2. The molecule has 0 atom stereocenters. The van der Waals surface area contributed by atoms with Crippen LogP contribution in [0.15, 0.2) is 41.5 Å². The number of para-hydroxylation sites is 1. The third-order valence-corrected chi connectivity index (χ3v) is 3.14. The molecule has 4 N–H and O–H groups in total. The van der Waals surface area contributed by atoms with Crippen LogP contribution >= 0.6 is 23.2 Å². The van der Waals surface area contributed by atoms with Crippen molar-refractivity contribution < 1.29 is 9.90 Å². The maximum absolute atomic E-state index is 11.9. The molecule has 0 saturated carbocycles. The van der Waals surface area contributed by atoms with Crippen LogP contribution in [-0.4, -0.2) is 17.2 Å². The minimum atomic E-state index is -0.461. The number of phenols is 1. The quantitative estimate of drug-likeness (QED) is 0.461. The molecule has 108 valence electrons. The van der Waals surface area contributed by atoms with E-state index >= 15 is 0 Å². The summed E-state index contributed by atoms with van der Waals surface area (Å²) in [6.45, 7) is 0. The molecule has 0 aromatic heterocycles. The van der Waals surface area contributed by atoms with E-state index < -0.39 is 5.91 Å². The highest BCUT2D eigenvalue weighted by Crippen LogP contribution is 2.29. The Balaban J connectivity index is 2.13. The zero-order chi connectivity index (χ0) is 15.4. The lowest BCUT2D eigenvalue weighted by Gasteiger charge is -2.04. The normalized spacial score (nSPS) is 10.8. The largest absolute Gasteiger partial charge is 0.506 e. The van der Waals surface area contributed by atoms with Gasteiger partial charge in [0, 0.05) is 16.3 Å². The lowest BCUT2D eigenvalue weighted by atomic mass is 10.2. The summed E-state index contributed by atoms with van der Waals surface area (Å²) >= 11 is 11.6. The van der Waals surface area contributed by atoms with Crippen molar-refractivity contribution in [1.29, 1.82) is 0 Å². The number of hydrogen-bond acceptors (Lipinski definition) is 4. The Kier molecular flexibility index (Phi) is 4.67. The predicted molar refractivity (Wildman–Crippen MR) is 84.0 cm³/mol. The molecule has 0 aliphatic carbocycles. The number of benzene rings is 2. The molecule has 0 aliphatic rings. The number of amides is 1. The molecule has 1 amide bonds. The number of halogens is 2. The van der Waals surface area contributed by atoms with Crippen molar-refractivity contribution in [3.8, 4) is 5.75 Å². The number of nitrogen functional groups attached to an aromatic ring is 1. The van der Waals surface area contributed by atoms with Gasteiger partial charge < -0.3 is 10.8 Å². The lowest BCUT2D eigenvalue weighted by Crippen LogP contribution is -2.19. The molecule has 0 spiro atoms. The molecule has 5 nitrogen and oxygen atoms in total. The first-order chi connectivity index (χ1) is 9.99. The molecule has 0 bridgehead atoms. The van der Waals surface area contributed by atoms with Crippen molar-refractivity contribution in [1.82, 2.24) is 5.43 Å². The first-order valence-corrected chi connectivity index (χ1v) is 6.60. The average molecular weight is 324 g/mol. The van der Waals surface area contributed by atoms with Crippen molar-refractivity contribution >= 4 is 41.0 Å². The average Bonchev–Trinajstić information content (AvgIpc) is 2.44. The number of anilines is 1. The van der Waals surface area contributed by atoms with E-state index in [9.17, 15) is 9.90 Å². The van der Waals surface area contributed by atoms with Crippen LogP contribution in [-0.2, 0) is 0 Å². The van der Waals surface area contributed by atoms with Gasteiger partial charge in [0.15, 0.2) is 0 Å². The minimum Gasteiger partial charge on any atom is -0.506 e. The fourth-order valence-electron chi connectivity index (χ4n) is 1.61. The Morgan fingerprint density at radius 3 is 2.71 bits per heavy atom. The number of rotatable bonds is 3. The van der Waals surface area contributed by atoms with Crippen LogP contribution in [0.4, 0.5) is 5.69 Å². The molecule has 0 aliphatic heterocycles. The molecule has 21 heavy (non-hydrogen) atoms. The van der Waals surface area contributed by atoms with Crippen LogP contribution < -0.4 is 11.2 Å². The molecular weight excluding hydrogens is 313 g/mol. The number of hydrogen-bond donors (Lipinski definition) is 3. The summed E-state index contributed by atoms with van der Waals surface area (Å²) < 4.78 is 0. The van der Waals surface area contributed by atoms with E-state index in [1.54, 1.807) is 24.3 Å². The standard InChI is InChI=1S/C14H11Cl2N3O2/c15-9-5-8(13(20)11(16)6-9)7-18-19-14(21)10-3-1-2-4-12(10)17/h1-7,20H,17H2,(H,19,21). The monoisotopic (exact) mass is 323 g/mol. The molecule has 0 unspecified atom stereocenters. The van der Waals surface area contributed by atoms with Gasteiger partial charge in [-0.2, -0.15) is 5.10 Å². The summed E-state index contributed by atoms with van der Waals surface area (Å²) in [6, 6.07) is 9.47. The number of carbonyl (C=O) groups excluding carboxylic acids is 1. The van der Waals surface area contributed by atoms with Crippen molar-refractivity contribution in [3.05, 3.63) is 57.6 Å². The van der Waals surface area contributed by atoms with Crippen LogP contribution in [0.2, 0.25) is 10.0 Å². The molecule has 2 rings (SSSR count). The Morgan fingerprint density at radius 1 is 1.29 bits per heavy atom. The summed E-state index contributed by atoms with van der Waals surface area (Å²) in [7, 11) is 0. The number of hydrazone groups is 1. The van der Waals surface area contributed by atoms with E-state index in [1.165, 1.54) is 18.3 Å². The van der Waals surface area contributed by atoms with Crippen molar-refractivity contribution in [2.45, 2.75) is 0 Å². The van der Waals surface area contributed by atoms with Gasteiger partial charge in [-0.3, -0.25) is 4.79 Å². The van der Waals surface area contributed by atoms with Crippen LogP contribution in [0.25, 0.3) is 0 Å². The van der Waals surface area contributed by atoms with Crippen LogP contribution in [0.1, 0.15) is 15.9 Å². The van der Waals surface area contributed by atoms with Gasteiger partial charge in [0.05, 0.1) is 16.8 Å². The summed E-state index contributed by atoms with van der Waals surface area (Å²) in [4.78, 5) is 11.9. The number of aromatic hydroxyl groups is 1. The van der Waals surface area contributed by atoms with Gasteiger partial charge in [0.1, 0.15) is 5.75 Å². The Hall–Kier alpha value is -2.24. The van der Waals surface area contributed by atoms with Gasteiger partial charge in [-0.1, -0.05) is 35.3 Å². The van der Waals surface area contributed by atoms with E-state index in [4.69, 9.17) is 28.9 Å². The lowest BCUT2D eigenvalue weighted by molar-refractivity contribution is 0.0956. The number of nitrogens with one attached hydrogen (secondary N) is 1. The van der Waals surface area contributed by atoms with Crippen LogP contribution in [0.3, 0.4) is 0 Å². The zero-order valence-electron chi connectivity index (χ0n) is 10.7. The molecule has 0 radical (unpaired) electrons. The molecule has 0 fully saturated rings. The molecule has 7 heteroatoms. The third kappa shape index (κ3) is 3.65. The van der Waals surface area contributed by atoms with Gasteiger partial charge >= 0.3 is 0 Å². The van der Waals surface area contributed by atoms with Gasteiger partial charge in [-0.25, -0.2) is 5.43 Å². The fourth-order valence-corrected chi connectivity index (χ4v) is 2.12. The van der Waals surface area contributed by atoms with E-state index in [1.807, 2.05) is 0 Å². The van der Waals surface area contributed by atoms with E-state index in [-0.39, 0.29) is 16.3 Å². The van der Waals surface area contributed by atoms with Gasteiger partial charge in [0.25, 0.3) is 5.91 Å². The molecule has 0 heterocycles. The minimum absolute atomic E-state index is 0.0996. The SMILES string of the molecule is Nc1ccccc1C(=O)NN=Cc1cc(Cl)cc(Cl)c1O. The molecule has 2 aromatic carbocycles.